The second-order valence-corrected chi connectivity index (χ2v) is 7.26. The summed E-state index contributed by atoms with van der Waals surface area (Å²) in [5.74, 6) is 2.54. The molecule has 1 aliphatic rings. The minimum atomic E-state index is -0.482. The molecule has 2 heterocycles. The van der Waals surface area contributed by atoms with Gasteiger partial charge in [0.2, 0.25) is 0 Å². The molecule has 0 radical (unpaired) electrons. The normalized spacial score (nSPS) is 17.2. The predicted molar refractivity (Wildman–Crippen MR) is 81.9 cm³/mol. The summed E-state index contributed by atoms with van der Waals surface area (Å²) in [7, 11) is 0. The third-order valence-electron chi connectivity index (χ3n) is 3.06. The molecule has 5 heteroatoms. The Hall–Kier alpha value is -1.23. The number of alkyl carbamates (subject to hydrolysis) is 1. The first-order valence-electron chi connectivity index (χ1n) is 6.85. The molecule has 1 fully saturated rings. The molecule has 1 N–H and O–H groups in total. The van der Waals surface area contributed by atoms with Gasteiger partial charge in [0.15, 0.2) is 0 Å². The predicted octanol–water partition coefficient (Wildman–Crippen LogP) is 3.32. The SMILES string of the molecule is Cc1ccc(C(NC(=O)OC(C)(C)C)C2CSC2)nc1. The van der Waals surface area contributed by atoms with Crippen LogP contribution in [0.4, 0.5) is 4.79 Å². The van der Waals surface area contributed by atoms with Crippen LogP contribution in [0.2, 0.25) is 0 Å². The molecule has 2 rings (SSSR count). The Balaban J connectivity index is 2.08. The quantitative estimate of drug-likeness (QED) is 0.929. The molecule has 0 aliphatic carbocycles. The van der Waals surface area contributed by atoms with Crippen LogP contribution in [0.5, 0.6) is 0 Å². The Morgan fingerprint density at radius 3 is 2.60 bits per heavy atom. The van der Waals surface area contributed by atoms with Crippen LogP contribution in [-0.4, -0.2) is 28.2 Å². The highest BCUT2D eigenvalue weighted by Gasteiger charge is 2.32. The zero-order valence-electron chi connectivity index (χ0n) is 12.5. The number of nitrogens with zero attached hydrogens (tertiary/aromatic N) is 1. The van der Waals surface area contributed by atoms with E-state index in [0.29, 0.717) is 5.92 Å². The lowest BCUT2D eigenvalue weighted by atomic mass is 9.99. The number of hydrogen-bond acceptors (Lipinski definition) is 4. The Labute approximate surface area is 124 Å². The third-order valence-corrected chi connectivity index (χ3v) is 4.39. The van der Waals surface area contributed by atoms with E-state index in [9.17, 15) is 4.79 Å². The van der Waals surface area contributed by atoms with E-state index in [4.69, 9.17) is 4.74 Å². The van der Waals surface area contributed by atoms with E-state index in [1.54, 1.807) is 0 Å². The molecule has 4 nitrogen and oxygen atoms in total. The summed E-state index contributed by atoms with van der Waals surface area (Å²) >= 11 is 1.89. The molecule has 1 aromatic rings. The molecule has 20 heavy (non-hydrogen) atoms. The number of ether oxygens (including phenoxy) is 1. The van der Waals surface area contributed by atoms with E-state index in [2.05, 4.69) is 10.3 Å². The Morgan fingerprint density at radius 2 is 2.15 bits per heavy atom. The van der Waals surface area contributed by atoms with Gasteiger partial charge in [-0.2, -0.15) is 11.8 Å². The molecular formula is C15H22N2O2S. The van der Waals surface area contributed by atoms with Gasteiger partial charge in [0.05, 0.1) is 11.7 Å². The summed E-state index contributed by atoms with van der Waals surface area (Å²) in [6.45, 7) is 7.60. The highest BCUT2D eigenvalue weighted by molar-refractivity contribution is 8.00. The number of nitrogens with one attached hydrogen (secondary N) is 1. The summed E-state index contributed by atoms with van der Waals surface area (Å²) in [5, 5.41) is 2.97. The maximum atomic E-state index is 12.0. The number of amides is 1. The molecule has 0 bridgehead atoms. The van der Waals surface area contributed by atoms with Crippen molar-refractivity contribution in [3.05, 3.63) is 29.6 Å². The van der Waals surface area contributed by atoms with Crippen molar-refractivity contribution in [3.8, 4) is 0 Å². The molecular weight excluding hydrogens is 272 g/mol. The standard InChI is InChI=1S/C15H22N2O2S/c1-10-5-6-12(16-7-10)13(11-8-20-9-11)17-14(18)19-15(2,3)4/h5-7,11,13H,8-9H2,1-4H3,(H,17,18). The van der Waals surface area contributed by atoms with Gasteiger partial charge in [-0.05, 0) is 50.8 Å². The summed E-state index contributed by atoms with van der Waals surface area (Å²) in [6, 6.07) is 3.95. The fourth-order valence-electron chi connectivity index (χ4n) is 1.98. The van der Waals surface area contributed by atoms with Gasteiger partial charge >= 0.3 is 6.09 Å². The van der Waals surface area contributed by atoms with Crippen molar-refractivity contribution in [2.75, 3.05) is 11.5 Å². The average molecular weight is 294 g/mol. The number of aromatic nitrogens is 1. The minimum absolute atomic E-state index is 0.0632. The molecule has 1 unspecified atom stereocenters. The number of thioether (sulfide) groups is 1. The van der Waals surface area contributed by atoms with E-state index in [-0.39, 0.29) is 12.1 Å². The Morgan fingerprint density at radius 1 is 1.45 bits per heavy atom. The molecule has 1 saturated heterocycles. The summed E-state index contributed by atoms with van der Waals surface area (Å²) in [4.78, 5) is 16.4. The second kappa shape index (κ2) is 6.04. The van der Waals surface area contributed by atoms with Crippen LogP contribution in [0.1, 0.15) is 38.1 Å². The first kappa shape index (κ1) is 15.2. The van der Waals surface area contributed by atoms with Crippen LogP contribution in [-0.2, 0) is 4.74 Å². The van der Waals surface area contributed by atoms with Gasteiger partial charge in [0, 0.05) is 12.1 Å². The first-order valence-corrected chi connectivity index (χ1v) is 8.00. The maximum Gasteiger partial charge on any atom is 0.408 e. The van der Waals surface area contributed by atoms with Gasteiger partial charge in [-0.1, -0.05) is 6.07 Å². The highest BCUT2D eigenvalue weighted by Crippen LogP contribution is 2.35. The molecule has 0 aromatic carbocycles. The van der Waals surface area contributed by atoms with Crippen LogP contribution in [0.3, 0.4) is 0 Å². The minimum Gasteiger partial charge on any atom is -0.444 e. The smallest absolute Gasteiger partial charge is 0.408 e. The van der Waals surface area contributed by atoms with Gasteiger partial charge in [-0.15, -0.1) is 0 Å². The molecule has 1 atom stereocenters. The van der Waals surface area contributed by atoms with E-state index in [1.807, 2.05) is 57.8 Å². The lowest BCUT2D eigenvalue weighted by Gasteiger charge is -2.34. The van der Waals surface area contributed by atoms with Crippen molar-refractivity contribution < 1.29 is 9.53 Å². The number of pyridine rings is 1. The van der Waals surface area contributed by atoms with E-state index < -0.39 is 5.60 Å². The van der Waals surface area contributed by atoms with Crippen molar-refractivity contribution in [3.63, 3.8) is 0 Å². The van der Waals surface area contributed by atoms with Crippen molar-refractivity contribution in [1.29, 1.82) is 0 Å². The van der Waals surface area contributed by atoms with Gasteiger partial charge < -0.3 is 10.1 Å². The fourth-order valence-corrected chi connectivity index (χ4v) is 2.87. The second-order valence-electron chi connectivity index (χ2n) is 6.18. The highest BCUT2D eigenvalue weighted by atomic mass is 32.2. The fraction of sp³-hybridized carbons (Fsp3) is 0.600. The van der Waals surface area contributed by atoms with Gasteiger partial charge in [-0.25, -0.2) is 4.79 Å². The molecule has 1 aliphatic heterocycles. The van der Waals surface area contributed by atoms with Crippen LogP contribution >= 0.6 is 11.8 Å². The number of hydrogen-bond donors (Lipinski definition) is 1. The monoisotopic (exact) mass is 294 g/mol. The maximum absolute atomic E-state index is 12.0. The van der Waals surface area contributed by atoms with Crippen molar-refractivity contribution >= 4 is 17.9 Å². The van der Waals surface area contributed by atoms with Crippen LogP contribution in [0.15, 0.2) is 18.3 Å². The summed E-state index contributed by atoms with van der Waals surface area (Å²) in [6.07, 6.45) is 1.46. The number of aryl methyl sites for hydroxylation is 1. The zero-order chi connectivity index (χ0) is 14.8. The molecule has 0 saturated carbocycles. The number of rotatable bonds is 3. The molecule has 110 valence electrons. The Bertz CT molecular complexity index is 464. The van der Waals surface area contributed by atoms with Crippen LogP contribution in [0, 0.1) is 12.8 Å². The zero-order valence-corrected chi connectivity index (χ0v) is 13.3. The van der Waals surface area contributed by atoms with Crippen molar-refractivity contribution in [1.82, 2.24) is 10.3 Å². The van der Waals surface area contributed by atoms with Crippen LogP contribution in [0.25, 0.3) is 0 Å². The van der Waals surface area contributed by atoms with Gasteiger partial charge in [-0.3, -0.25) is 4.98 Å². The number of carbonyl (C=O) groups excluding carboxylic acids is 1. The molecule has 1 amide bonds. The van der Waals surface area contributed by atoms with Crippen molar-refractivity contribution in [2.24, 2.45) is 5.92 Å². The van der Waals surface area contributed by atoms with Gasteiger partial charge in [0.1, 0.15) is 5.60 Å². The van der Waals surface area contributed by atoms with E-state index >= 15 is 0 Å². The van der Waals surface area contributed by atoms with Crippen molar-refractivity contribution in [2.45, 2.75) is 39.3 Å². The summed E-state index contributed by atoms with van der Waals surface area (Å²) < 4.78 is 5.35. The van der Waals surface area contributed by atoms with E-state index in [0.717, 1.165) is 22.8 Å². The van der Waals surface area contributed by atoms with Crippen LogP contribution < -0.4 is 5.32 Å². The largest absolute Gasteiger partial charge is 0.444 e. The van der Waals surface area contributed by atoms with E-state index in [1.165, 1.54) is 0 Å². The molecule has 1 aromatic heterocycles. The Kier molecular flexibility index (Phi) is 4.58. The third kappa shape index (κ3) is 4.13. The molecule has 0 spiro atoms. The summed E-state index contributed by atoms with van der Waals surface area (Å²) in [5.41, 5.74) is 1.54. The van der Waals surface area contributed by atoms with Gasteiger partial charge in [0.25, 0.3) is 0 Å². The number of carbonyl (C=O) groups is 1. The lowest BCUT2D eigenvalue weighted by Crippen LogP contribution is -2.41. The topological polar surface area (TPSA) is 51.2 Å². The first-order chi connectivity index (χ1) is 9.35. The lowest BCUT2D eigenvalue weighted by molar-refractivity contribution is 0.0488. The average Bonchev–Trinajstić information content (AvgIpc) is 2.24.